The van der Waals surface area contributed by atoms with Gasteiger partial charge < -0.3 is 26.6 Å². The molecular formula is C17H20Cl2N4O2. The number of aliphatic imine (C=N–C) groups is 1. The number of hydrogen-bond acceptors (Lipinski definition) is 4. The van der Waals surface area contributed by atoms with Gasteiger partial charge in [0.2, 0.25) is 0 Å². The van der Waals surface area contributed by atoms with E-state index in [2.05, 4.69) is 15.6 Å². The Bertz CT molecular complexity index is 725. The lowest BCUT2D eigenvalue weighted by molar-refractivity contribution is 0.403. The number of benzene rings is 2. The lowest BCUT2D eigenvalue weighted by Gasteiger charge is -2.02. The molecule has 1 aliphatic heterocycles. The Hall–Kier alpha value is -2.15. The molecule has 1 aliphatic rings. The van der Waals surface area contributed by atoms with E-state index in [1.54, 1.807) is 24.3 Å². The minimum atomic E-state index is -0.0919. The summed E-state index contributed by atoms with van der Waals surface area (Å²) >= 11 is 11.9. The number of rotatable bonds is 3. The van der Waals surface area contributed by atoms with Gasteiger partial charge in [-0.25, -0.2) is 4.99 Å². The summed E-state index contributed by atoms with van der Waals surface area (Å²) in [5.41, 5.74) is 6.84. The van der Waals surface area contributed by atoms with Crippen LogP contribution < -0.4 is 16.4 Å². The standard InChI is InChI=1S/C9H9Cl2N3.C8H11NO2/c10-6-2-1-3-7(11)8(6)14-9-12-4-5-13-9;9-4-3-6-1-2-7(10)8(11)5-6/h1-3H,4-5H2,(H2,12,13,14);1-2,5,10-11H,3-4,9H2. The molecule has 2 aromatic carbocycles. The van der Waals surface area contributed by atoms with Gasteiger partial charge in [-0.3, -0.25) is 0 Å². The number of phenolic OH excluding ortho intramolecular Hbond substituents is 2. The summed E-state index contributed by atoms with van der Waals surface area (Å²) in [6, 6.07) is 10.0. The second-order valence-corrected chi connectivity index (χ2v) is 6.06. The Morgan fingerprint density at radius 3 is 2.20 bits per heavy atom. The van der Waals surface area contributed by atoms with Crippen LogP contribution in [0.25, 0.3) is 0 Å². The monoisotopic (exact) mass is 382 g/mol. The van der Waals surface area contributed by atoms with E-state index in [9.17, 15) is 0 Å². The highest BCUT2D eigenvalue weighted by Crippen LogP contribution is 2.32. The Kier molecular flexibility index (Phi) is 7.18. The third kappa shape index (κ3) is 5.70. The maximum atomic E-state index is 9.04. The molecule has 134 valence electrons. The fourth-order valence-corrected chi connectivity index (χ4v) is 2.58. The molecule has 6 nitrogen and oxygen atoms in total. The van der Waals surface area contributed by atoms with Crippen LogP contribution in [0.4, 0.5) is 5.69 Å². The van der Waals surface area contributed by atoms with E-state index >= 15 is 0 Å². The fraction of sp³-hybridized carbons (Fsp3) is 0.235. The van der Waals surface area contributed by atoms with Crippen molar-refractivity contribution in [2.24, 2.45) is 10.7 Å². The molecule has 1 saturated heterocycles. The van der Waals surface area contributed by atoms with Gasteiger partial charge in [0.15, 0.2) is 17.5 Å². The molecule has 0 amide bonds. The lowest BCUT2D eigenvalue weighted by atomic mass is 10.1. The Morgan fingerprint density at radius 1 is 1.00 bits per heavy atom. The number of nitrogens with two attached hydrogens (primary N) is 1. The first-order chi connectivity index (χ1) is 12.0. The average Bonchev–Trinajstić information content (AvgIpc) is 3.09. The molecule has 0 aliphatic carbocycles. The minimum Gasteiger partial charge on any atom is -0.504 e. The summed E-state index contributed by atoms with van der Waals surface area (Å²) in [7, 11) is 0. The molecule has 6 N–H and O–H groups in total. The molecule has 0 saturated carbocycles. The summed E-state index contributed by atoms with van der Waals surface area (Å²) in [5, 5.41) is 25.2. The van der Waals surface area contributed by atoms with Gasteiger partial charge in [0.05, 0.1) is 10.0 Å². The van der Waals surface area contributed by atoms with Crippen molar-refractivity contribution in [1.29, 1.82) is 0 Å². The van der Waals surface area contributed by atoms with Crippen molar-refractivity contribution in [3.63, 3.8) is 0 Å². The first-order valence-corrected chi connectivity index (χ1v) is 8.48. The molecule has 0 spiro atoms. The predicted octanol–water partition coefficient (Wildman–Crippen LogP) is 2.77. The van der Waals surface area contributed by atoms with E-state index < -0.39 is 0 Å². The fourth-order valence-electron chi connectivity index (χ4n) is 2.10. The zero-order valence-corrected chi connectivity index (χ0v) is 15.0. The zero-order chi connectivity index (χ0) is 18.2. The number of nitrogens with zero attached hydrogens (tertiary/aromatic N) is 1. The number of phenols is 2. The molecule has 25 heavy (non-hydrogen) atoms. The van der Waals surface area contributed by atoms with E-state index in [1.165, 1.54) is 12.1 Å². The smallest absolute Gasteiger partial charge is 0.196 e. The highest BCUT2D eigenvalue weighted by Gasteiger charge is 2.09. The van der Waals surface area contributed by atoms with E-state index in [1.807, 2.05) is 0 Å². The normalized spacial score (nSPS) is 12.7. The topological polar surface area (TPSA) is 103 Å². The summed E-state index contributed by atoms with van der Waals surface area (Å²) in [6.07, 6.45) is 0.716. The third-order valence-electron chi connectivity index (χ3n) is 3.34. The van der Waals surface area contributed by atoms with Gasteiger partial charge in [-0.1, -0.05) is 35.3 Å². The summed E-state index contributed by atoms with van der Waals surface area (Å²) in [6.45, 7) is 2.30. The predicted molar refractivity (Wildman–Crippen MR) is 102 cm³/mol. The number of aromatic hydroxyl groups is 2. The largest absolute Gasteiger partial charge is 0.504 e. The van der Waals surface area contributed by atoms with E-state index in [0.717, 1.165) is 24.6 Å². The van der Waals surface area contributed by atoms with Crippen LogP contribution in [0.5, 0.6) is 11.5 Å². The molecule has 0 unspecified atom stereocenters. The maximum Gasteiger partial charge on any atom is 0.196 e. The molecule has 1 heterocycles. The van der Waals surface area contributed by atoms with Crippen molar-refractivity contribution in [2.75, 3.05) is 19.6 Å². The number of guanidine groups is 1. The summed E-state index contributed by atoms with van der Waals surface area (Å²) < 4.78 is 0. The molecule has 2 aromatic rings. The molecule has 0 bridgehead atoms. The van der Waals surface area contributed by atoms with Crippen molar-refractivity contribution in [2.45, 2.75) is 6.42 Å². The Morgan fingerprint density at radius 2 is 1.64 bits per heavy atom. The highest BCUT2D eigenvalue weighted by atomic mass is 35.5. The van der Waals surface area contributed by atoms with Crippen LogP contribution in [-0.2, 0) is 6.42 Å². The van der Waals surface area contributed by atoms with Crippen LogP contribution in [0.3, 0.4) is 0 Å². The van der Waals surface area contributed by atoms with Crippen LogP contribution in [-0.4, -0.2) is 35.8 Å². The quantitative estimate of drug-likeness (QED) is 0.525. The minimum absolute atomic E-state index is 0.0871. The number of halogens is 2. The van der Waals surface area contributed by atoms with Crippen LogP contribution in [0.15, 0.2) is 41.4 Å². The number of para-hydroxylation sites is 1. The Balaban J connectivity index is 0.000000186. The van der Waals surface area contributed by atoms with Crippen molar-refractivity contribution >= 4 is 34.8 Å². The van der Waals surface area contributed by atoms with Gasteiger partial charge in [0, 0.05) is 13.1 Å². The molecular weight excluding hydrogens is 363 g/mol. The van der Waals surface area contributed by atoms with Gasteiger partial charge in [-0.15, -0.1) is 0 Å². The van der Waals surface area contributed by atoms with Crippen molar-refractivity contribution in [3.8, 4) is 11.5 Å². The van der Waals surface area contributed by atoms with Crippen LogP contribution in [0.1, 0.15) is 5.56 Å². The molecule has 0 atom stereocenters. The second-order valence-electron chi connectivity index (χ2n) is 5.25. The number of hydrogen-bond donors (Lipinski definition) is 5. The third-order valence-corrected chi connectivity index (χ3v) is 3.95. The van der Waals surface area contributed by atoms with E-state index in [4.69, 9.17) is 39.1 Å². The molecule has 3 rings (SSSR count). The highest BCUT2D eigenvalue weighted by molar-refractivity contribution is 6.38. The maximum absolute atomic E-state index is 9.04. The van der Waals surface area contributed by atoms with Crippen LogP contribution in [0.2, 0.25) is 10.0 Å². The lowest BCUT2D eigenvalue weighted by Crippen LogP contribution is -2.23. The van der Waals surface area contributed by atoms with Gasteiger partial charge in [0.25, 0.3) is 0 Å². The van der Waals surface area contributed by atoms with Gasteiger partial charge in [-0.05, 0) is 42.8 Å². The van der Waals surface area contributed by atoms with Gasteiger partial charge >= 0.3 is 0 Å². The SMILES string of the molecule is Clc1cccc(Cl)c1N=C1NCCN1.NCCc1ccc(O)c(O)c1. The van der Waals surface area contributed by atoms with E-state index in [0.29, 0.717) is 28.7 Å². The Labute approximate surface area is 156 Å². The molecule has 0 radical (unpaired) electrons. The molecule has 0 aromatic heterocycles. The summed E-state index contributed by atoms with van der Waals surface area (Å²) in [5.74, 6) is 0.543. The second kappa shape index (κ2) is 9.36. The van der Waals surface area contributed by atoms with Crippen molar-refractivity contribution < 1.29 is 10.2 Å². The zero-order valence-electron chi connectivity index (χ0n) is 13.5. The van der Waals surface area contributed by atoms with E-state index in [-0.39, 0.29) is 11.5 Å². The van der Waals surface area contributed by atoms with Crippen LogP contribution in [0, 0.1) is 0 Å². The van der Waals surface area contributed by atoms with Crippen LogP contribution >= 0.6 is 23.2 Å². The summed E-state index contributed by atoms with van der Waals surface area (Å²) in [4.78, 5) is 4.29. The van der Waals surface area contributed by atoms with Gasteiger partial charge in [0.1, 0.15) is 5.69 Å². The van der Waals surface area contributed by atoms with Crippen molar-refractivity contribution in [1.82, 2.24) is 10.6 Å². The van der Waals surface area contributed by atoms with Crippen molar-refractivity contribution in [3.05, 3.63) is 52.0 Å². The van der Waals surface area contributed by atoms with Gasteiger partial charge in [-0.2, -0.15) is 0 Å². The first kappa shape index (κ1) is 19.2. The molecule has 8 heteroatoms. The number of nitrogens with one attached hydrogen (secondary N) is 2. The first-order valence-electron chi connectivity index (χ1n) is 7.72. The average molecular weight is 383 g/mol. The molecule has 1 fully saturated rings.